The van der Waals surface area contributed by atoms with Gasteiger partial charge in [0.2, 0.25) is 0 Å². The minimum Gasteiger partial charge on any atom is -0.478 e. The Morgan fingerprint density at radius 1 is 1.04 bits per heavy atom. The van der Waals surface area contributed by atoms with Crippen LogP contribution in [0.25, 0.3) is 28.2 Å². The molecule has 0 amide bonds. The topological polar surface area (TPSA) is 93.8 Å². The summed E-state index contributed by atoms with van der Waals surface area (Å²) in [6.07, 6.45) is 7.05. The van der Waals surface area contributed by atoms with E-state index in [1.807, 2.05) is 25.1 Å². The summed E-state index contributed by atoms with van der Waals surface area (Å²) in [6.45, 7) is 1.99. The van der Waals surface area contributed by atoms with Crippen molar-refractivity contribution in [1.82, 2.24) is 25.0 Å². The van der Waals surface area contributed by atoms with Gasteiger partial charge in [-0.1, -0.05) is 17.3 Å². The van der Waals surface area contributed by atoms with E-state index < -0.39 is 5.97 Å². The average molecular weight is 357 g/mol. The molecule has 1 aromatic carbocycles. The van der Waals surface area contributed by atoms with Crippen LogP contribution in [0.1, 0.15) is 15.9 Å². The van der Waals surface area contributed by atoms with Crippen LogP contribution < -0.4 is 0 Å². The summed E-state index contributed by atoms with van der Waals surface area (Å²) in [4.78, 5) is 19.6. The maximum Gasteiger partial charge on any atom is 0.335 e. The molecule has 0 atom stereocenters. The highest BCUT2D eigenvalue weighted by atomic mass is 16.4. The molecule has 3 aromatic heterocycles. The molecule has 7 heteroatoms. The molecule has 4 aromatic rings. The summed E-state index contributed by atoms with van der Waals surface area (Å²) in [6, 6.07) is 12.3. The number of carboxylic acid groups (broad SMARTS) is 1. The predicted octanol–water partition coefficient (Wildman–Crippen LogP) is 3.40. The largest absolute Gasteiger partial charge is 0.478 e. The third-order valence-electron chi connectivity index (χ3n) is 4.21. The Labute approximate surface area is 155 Å². The monoisotopic (exact) mass is 357 g/mol. The van der Waals surface area contributed by atoms with E-state index in [9.17, 15) is 4.79 Å². The predicted molar refractivity (Wildman–Crippen MR) is 99.5 cm³/mol. The van der Waals surface area contributed by atoms with Crippen molar-refractivity contribution < 1.29 is 9.90 Å². The number of nitrogens with zero attached hydrogens (tertiary/aromatic N) is 5. The van der Waals surface area contributed by atoms with Crippen molar-refractivity contribution in [2.75, 3.05) is 0 Å². The lowest BCUT2D eigenvalue weighted by atomic mass is 10.1. The molecular weight excluding hydrogens is 342 g/mol. The van der Waals surface area contributed by atoms with Crippen molar-refractivity contribution in [2.45, 2.75) is 6.92 Å². The fraction of sp³-hybridized carbons (Fsp3) is 0.0500. The molecule has 0 bridgehead atoms. The van der Waals surface area contributed by atoms with E-state index in [-0.39, 0.29) is 5.56 Å². The third kappa shape index (κ3) is 3.30. The molecule has 0 aliphatic carbocycles. The molecule has 27 heavy (non-hydrogen) atoms. The van der Waals surface area contributed by atoms with Crippen molar-refractivity contribution in [3.8, 4) is 28.2 Å². The van der Waals surface area contributed by atoms with Gasteiger partial charge in [0.15, 0.2) is 0 Å². The van der Waals surface area contributed by atoms with Crippen LogP contribution in [0.2, 0.25) is 0 Å². The van der Waals surface area contributed by atoms with Gasteiger partial charge < -0.3 is 5.11 Å². The van der Waals surface area contributed by atoms with E-state index in [2.05, 4.69) is 20.3 Å². The van der Waals surface area contributed by atoms with Crippen LogP contribution in [-0.4, -0.2) is 36.0 Å². The zero-order valence-electron chi connectivity index (χ0n) is 14.4. The highest BCUT2D eigenvalue weighted by Crippen LogP contribution is 2.22. The highest BCUT2D eigenvalue weighted by Gasteiger charge is 2.10. The Morgan fingerprint density at radius 3 is 2.52 bits per heavy atom. The second-order valence-corrected chi connectivity index (χ2v) is 6.03. The van der Waals surface area contributed by atoms with Gasteiger partial charge >= 0.3 is 5.97 Å². The van der Waals surface area contributed by atoms with Crippen molar-refractivity contribution in [2.24, 2.45) is 0 Å². The molecule has 0 saturated heterocycles. The molecule has 0 fully saturated rings. The van der Waals surface area contributed by atoms with Gasteiger partial charge in [-0.05, 0) is 42.8 Å². The fourth-order valence-electron chi connectivity index (χ4n) is 2.76. The molecular formula is C20H15N5O2. The SMILES string of the molecule is Cc1cc(-c2cccnc2)ncc1-n1cc(-c2ccc(C(=O)O)cc2)nn1. The van der Waals surface area contributed by atoms with Crippen LogP contribution in [0.5, 0.6) is 0 Å². The van der Waals surface area contributed by atoms with E-state index >= 15 is 0 Å². The second kappa shape index (κ2) is 6.80. The first-order valence-electron chi connectivity index (χ1n) is 8.25. The molecule has 0 unspecified atom stereocenters. The number of hydrogen-bond donors (Lipinski definition) is 1. The molecule has 0 radical (unpaired) electrons. The number of hydrogen-bond acceptors (Lipinski definition) is 5. The first-order chi connectivity index (χ1) is 13.1. The lowest BCUT2D eigenvalue weighted by Gasteiger charge is -2.07. The van der Waals surface area contributed by atoms with Crippen LogP contribution in [0.4, 0.5) is 0 Å². The molecule has 4 rings (SSSR count). The first kappa shape index (κ1) is 16.6. The minimum atomic E-state index is -0.958. The van der Waals surface area contributed by atoms with Gasteiger partial charge in [-0.25, -0.2) is 9.48 Å². The van der Waals surface area contributed by atoms with Gasteiger partial charge in [0.05, 0.1) is 29.3 Å². The Hall–Kier alpha value is -3.87. The van der Waals surface area contributed by atoms with Crippen molar-refractivity contribution in [3.63, 3.8) is 0 Å². The van der Waals surface area contributed by atoms with Crippen LogP contribution >= 0.6 is 0 Å². The molecule has 0 aliphatic heterocycles. The number of pyridine rings is 2. The standard InChI is InChI=1S/C20H15N5O2/c1-13-9-17(16-3-2-8-21-10-16)22-11-19(13)25-12-18(23-24-25)14-4-6-15(7-5-14)20(26)27/h2-12H,1H3,(H,26,27). The van der Waals surface area contributed by atoms with Gasteiger partial charge in [0.1, 0.15) is 5.69 Å². The normalized spacial score (nSPS) is 10.7. The molecule has 7 nitrogen and oxygen atoms in total. The molecule has 0 aliphatic rings. The first-order valence-corrected chi connectivity index (χ1v) is 8.25. The molecule has 0 saturated carbocycles. The van der Waals surface area contributed by atoms with Crippen LogP contribution in [0.15, 0.2) is 67.3 Å². The fourth-order valence-corrected chi connectivity index (χ4v) is 2.76. The number of rotatable bonds is 4. The minimum absolute atomic E-state index is 0.233. The smallest absolute Gasteiger partial charge is 0.335 e. The van der Waals surface area contributed by atoms with Gasteiger partial charge in [-0.15, -0.1) is 5.10 Å². The maximum atomic E-state index is 11.0. The average Bonchev–Trinajstić information content (AvgIpc) is 3.18. The Kier molecular flexibility index (Phi) is 4.18. The number of aromatic nitrogens is 5. The van der Waals surface area contributed by atoms with Crippen molar-refractivity contribution in [3.05, 3.63) is 78.4 Å². The van der Waals surface area contributed by atoms with Gasteiger partial charge in [-0.2, -0.15) is 0 Å². The lowest BCUT2D eigenvalue weighted by Crippen LogP contribution is -2.00. The van der Waals surface area contributed by atoms with Gasteiger partial charge in [0, 0.05) is 23.5 Å². The Balaban J connectivity index is 1.64. The summed E-state index contributed by atoms with van der Waals surface area (Å²) in [5.41, 5.74) is 5.30. The second-order valence-electron chi connectivity index (χ2n) is 6.03. The Bertz CT molecular complexity index is 1100. The highest BCUT2D eigenvalue weighted by molar-refractivity contribution is 5.88. The number of aromatic carboxylic acids is 1. The summed E-state index contributed by atoms with van der Waals surface area (Å²) >= 11 is 0. The van der Waals surface area contributed by atoms with E-state index in [0.29, 0.717) is 5.69 Å². The lowest BCUT2D eigenvalue weighted by molar-refractivity contribution is 0.0697. The van der Waals surface area contributed by atoms with Crippen LogP contribution in [0, 0.1) is 6.92 Å². The number of carbonyl (C=O) groups is 1. The summed E-state index contributed by atoms with van der Waals surface area (Å²) in [5.74, 6) is -0.958. The number of carboxylic acids is 1. The van der Waals surface area contributed by atoms with E-state index in [1.54, 1.807) is 53.7 Å². The molecule has 132 valence electrons. The zero-order chi connectivity index (χ0) is 18.8. The van der Waals surface area contributed by atoms with E-state index in [0.717, 1.165) is 28.1 Å². The zero-order valence-corrected chi connectivity index (χ0v) is 14.4. The number of aryl methyl sites for hydroxylation is 1. The van der Waals surface area contributed by atoms with E-state index in [1.165, 1.54) is 0 Å². The van der Waals surface area contributed by atoms with Crippen molar-refractivity contribution in [1.29, 1.82) is 0 Å². The van der Waals surface area contributed by atoms with Gasteiger partial charge in [0.25, 0.3) is 0 Å². The molecule has 1 N–H and O–H groups in total. The number of benzene rings is 1. The third-order valence-corrected chi connectivity index (χ3v) is 4.21. The van der Waals surface area contributed by atoms with Crippen LogP contribution in [-0.2, 0) is 0 Å². The molecule has 3 heterocycles. The van der Waals surface area contributed by atoms with Crippen molar-refractivity contribution >= 4 is 5.97 Å². The Morgan fingerprint density at radius 2 is 1.85 bits per heavy atom. The molecule has 0 spiro atoms. The quantitative estimate of drug-likeness (QED) is 0.602. The van der Waals surface area contributed by atoms with E-state index in [4.69, 9.17) is 5.11 Å². The maximum absolute atomic E-state index is 11.0. The summed E-state index contributed by atoms with van der Waals surface area (Å²) in [5, 5.41) is 17.4. The van der Waals surface area contributed by atoms with Gasteiger partial charge in [-0.3, -0.25) is 9.97 Å². The summed E-state index contributed by atoms with van der Waals surface area (Å²) < 4.78 is 1.66. The summed E-state index contributed by atoms with van der Waals surface area (Å²) in [7, 11) is 0. The van der Waals surface area contributed by atoms with Crippen LogP contribution in [0.3, 0.4) is 0 Å².